The molecule has 130 valence electrons. The summed E-state index contributed by atoms with van der Waals surface area (Å²) in [5.41, 5.74) is 2.76. The summed E-state index contributed by atoms with van der Waals surface area (Å²) in [5.74, 6) is 0.716. The van der Waals surface area contributed by atoms with Crippen LogP contribution in [0.25, 0.3) is 16.7 Å². The third-order valence-corrected chi connectivity index (χ3v) is 4.57. The maximum absolute atomic E-state index is 12.9. The van der Waals surface area contributed by atoms with Gasteiger partial charge >= 0.3 is 0 Å². The SMILES string of the molecule is Cc1nc2c(cnn2-c2ccccc2)c(=O)n1CCCc1ccccc1. The van der Waals surface area contributed by atoms with Gasteiger partial charge < -0.3 is 0 Å². The highest BCUT2D eigenvalue weighted by Crippen LogP contribution is 2.14. The van der Waals surface area contributed by atoms with Gasteiger partial charge in [0.05, 0.1) is 11.9 Å². The van der Waals surface area contributed by atoms with Crippen LogP contribution < -0.4 is 5.56 Å². The minimum atomic E-state index is -0.0252. The van der Waals surface area contributed by atoms with Crippen LogP contribution in [0.4, 0.5) is 0 Å². The first-order chi connectivity index (χ1) is 12.7. The molecule has 0 fully saturated rings. The fourth-order valence-corrected chi connectivity index (χ4v) is 3.21. The molecule has 0 aliphatic rings. The molecule has 0 saturated heterocycles. The van der Waals surface area contributed by atoms with Crippen molar-refractivity contribution in [3.05, 3.63) is 88.6 Å². The van der Waals surface area contributed by atoms with Crippen molar-refractivity contribution in [2.75, 3.05) is 0 Å². The van der Waals surface area contributed by atoms with Gasteiger partial charge in [0.2, 0.25) is 0 Å². The second-order valence-corrected chi connectivity index (χ2v) is 6.33. The van der Waals surface area contributed by atoms with E-state index in [1.165, 1.54) is 5.56 Å². The molecule has 5 nitrogen and oxygen atoms in total. The highest BCUT2D eigenvalue weighted by atomic mass is 16.1. The summed E-state index contributed by atoms with van der Waals surface area (Å²) in [6.45, 7) is 2.53. The minimum Gasteiger partial charge on any atom is -0.296 e. The molecule has 0 atom stereocenters. The molecule has 0 unspecified atom stereocenters. The fraction of sp³-hybridized carbons (Fsp3) is 0.190. The third kappa shape index (κ3) is 3.04. The molecule has 0 N–H and O–H groups in total. The van der Waals surface area contributed by atoms with Gasteiger partial charge in [-0.05, 0) is 37.5 Å². The molecule has 2 heterocycles. The Morgan fingerprint density at radius 2 is 1.65 bits per heavy atom. The van der Waals surface area contributed by atoms with Crippen molar-refractivity contribution in [3.8, 4) is 5.69 Å². The van der Waals surface area contributed by atoms with Crippen LogP contribution in [0.15, 0.2) is 71.7 Å². The number of fused-ring (bicyclic) bond motifs is 1. The molecule has 26 heavy (non-hydrogen) atoms. The van der Waals surface area contributed by atoms with Crippen molar-refractivity contribution in [2.24, 2.45) is 0 Å². The normalized spacial score (nSPS) is 11.1. The van der Waals surface area contributed by atoms with E-state index in [4.69, 9.17) is 0 Å². The van der Waals surface area contributed by atoms with Crippen molar-refractivity contribution in [1.82, 2.24) is 19.3 Å². The molecular formula is C21H20N4O. The molecule has 0 aliphatic heterocycles. The molecule has 0 saturated carbocycles. The molecule has 0 amide bonds. The molecule has 2 aromatic carbocycles. The molecule has 0 aliphatic carbocycles. The van der Waals surface area contributed by atoms with Crippen LogP contribution in [-0.4, -0.2) is 19.3 Å². The Labute approximate surface area is 151 Å². The van der Waals surface area contributed by atoms with Gasteiger partial charge in [0.15, 0.2) is 5.65 Å². The fourth-order valence-electron chi connectivity index (χ4n) is 3.21. The molecule has 0 spiro atoms. The van der Waals surface area contributed by atoms with E-state index in [-0.39, 0.29) is 5.56 Å². The van der Waals surface area contributed by atoms with Gasteiger partial charge in [-0.2, -0.15) is 5.10 Å². The van der Waals surface area contributed by atoms with Gasteiger partial charge in [0.1, 0.15) is 11.2 Å². The Hall–Kier alpha value is -3.21. The summed E-state index contributed by atoms with van der Waals surface area (Å²) in [7, 11) is 0. The second kappa shape index (κ2) is 6.96. The van der Waals surface area contributed by atoms with Gasteiger partial charge in [-0.1, -0.05) is 48.5 Å². The summed E-state index contributed by atoms with van der Waals surface area (Å²) >= 11 is 0. The number of hydrogen-bond acceptors (Lipinski definition) is 3. The average Bonchev–Trinajstić information content (AvgIpc) is 3.10. The molecule has 4 rings (SSSR count). The maximum atomic E-state index is 12.9. The van der Waals surface area contributed by atoms with Gasteiger partial charge in [0, 0.05) is 6.54 Å². The van der Waals surface area contributed by atoms with E-state index in [1.54, 1.807) is 15.4 Å². The molecule has 4 aromatic rings. The second-order valence-electron chi connectivity index (χ2n) is 6.33. The molecule has 0 bridgehead atoms. The number of aryl methyl sites for hydroxylation is 2. The Morgan fingerprint density at radius 3 is 2.38 bits per heavy atom. The number of hydrogen-bond donors (Lipinski definition) is 0. The Bertz CT molecular complexity index is 1080. The summed E-state index contributed by atoms with van der Waals surface area (Å²) in [5, 5.41) is 4.93. The predicted molar refractivity (Wildman–Crippen MR) is 103 cm³/mol. The van der Waals surface area contributed by atoms with E-state index in [9.17, 15) is 4.79 Å². The van der Waals surface area contributed by atoms with Crippen molar-refractivity contribution in [2.45, 2.75) is 26.3 Å². The Morgan fingerprint density at radius 1 is 0.962 bits per heavy atom. The van der Waals surface area contributed by atoms with Crippen LogP contribution in [0.1, 0.15) is 17.8 Å². The first-order valence-electron chi connectivity index (χ1n) is 8.78. The third-order valence-electron chi connectivity index (χ3n) is 4.57. The first kappa shape index (κ1) is 16.3. The standard InChI is InChI=1S/C21H20N4O/c1-16-23-20-19(15-22-25(20)18-12-6-3-7-13-18)21(26)24(16)14-8-11-17-9-4-2-5-10-17/h2-7,9-10,12-13,15H,8,11,14H2,1H3. The average molecular weight is 344 g/mol. The number of benzene rings is 2. The van der Waals surface area contributed by atoms with E-state index in [0.29, 0.717) is 23.4 Å². The first-order valence-corrected chi connectivity index (χ1v) is 8.78. The van der Waals surface area contributed by atoms with Crippen molar-refractivity contribution in [1.29, 1.82) is 0 Å². The van der Waals surface area contributed by atoms with Gasteiger partial charge in [-0.15, -0.1) is 0 Å². The van der Waals surface area contributed by atoms with Crippen LogP contribution in [0, 0.1) is 6.92 Å². The quantitative estimate of drug-likeness (QED) is 0.556. The zero-order valence-corrected chi connectivity index (χ0v) is 14.7. The van der Waals surface area contributed by atoms with Crippen LogP contribution in [0.3, 0.4) is 0 Å². The molecule has 5 heteroatoms. The monoisotopic (exact) mass is 344 g/mol. The molecule has 2 aromatic heterocycles. The predicted octanol–water partition coefficient (Wildman–Crippen LogP) is 3.52. The largest absolute Gasteiger partial charge is 0.296 e. The van der Waals surface area contributed by atoms with Crippen molar-refractivity contribution in [3.63, 3.8) is 0 Å². The number of para-hydroxylation sites is 1. The van der Waals surface area contributed by atoms with E-state index < -0.39 is 0 Å². The zero-order valence-electron chi connectivity index (χ0n) is 14.7. The number of rotatable bonds is 5. The van der Waals surface area contributed by atoms with Crippen LogP contribution in [0.2, 0.25) is 0 Å². The Kier molecular flexibility index (Phi) is 4.35. The lowest BCUT2D eigenvalue weighted by Gasteiger charge is -2.10. The van der Waals surface area contributed by atoms with E-state index >= 15 is 0 Å². The van der Waals surface area contributed by atoms with Crippen LogP contribution >= 0.6 is 0 Å². The van der Waals surface area contributed by atoms with Gasteiger partial charge in [-0.25, -0.2) is 9.67 Å². The summed E-state index contributed by atoms with van der Waals surface area (Å²) in [4.78, 5) is 17.6. The van der Waals surface area contributed by atoms with Crippen LogP contribution in [0.5, 0.6) is 0 Å². The topological polar surface area (TPSA) is 52.7 Å². The van der Waals surface area contributed by atoms with Gasteiger partial charge in [0.25, 0.3) is 5.56 Å². The number of aromatic nitrogens is 4. The van der Waals surface area contributed by atoms with Gasteiger partial charge in [-0.3, -0.25) is 9.36 Å². The zero-order chi connectivity index (χ0) is 17.9. The highest BCUT2D eigenvalue weighted by Gasteiger charge is 2.13. The number of nitrogens with zero attached hydrogens (tertiary/aromatic N) is 4. The summed E-state index contributed by atoms with van der Waals surface area (Å²) in [6.07, 6.45) is 3.45. The van der Waals surface area contributed by atoms with Crippen molar-refractivity contribution < 1.29 is 0 Å². The minimum absolute atomic E-state index is 0.0252. The molecular weight excluding hydrogens is 324 g/mol. The molecule has 0 radical (unpaired) electrons. The van der Waals surface area contributed by atoms with E-state index in [1.807, 2.05) is 55.5 Å². The van der Waals surface area contributed by atoms with Crippen molar-refractivity contribution >= 4 is 11.0 Å². The lowest BCUT2D eigenvalue weighted by atomic mass is 10.1. The Balaban J connectivity index is 1.64. The lowest BCUT2D eigenvalue weighted by Crippen LogP contribution is -2.24. The maximum Gasteiger partial charge on any atom is 0.264 e. The van der Waals surface area contributed by atoms with Crippen LogP contribution in [-0.2, 0) is 13.0 Å². The summed E-state index contributed by atoms with van der Waals surface area (Å²) in [6, 6.07) is 20.1. The van der Waals surface area contributed by atoms with E-state index in [0.717, 1.165) is 18.5 Å². The highest BCUT2D eigenvalue weighted by molar-refractivity contribution is 5.75. The lowest BCUT2D eigenvalue weighted by molar-refractivity contribution is 0.598. The van der Waals surface area contributed by atoms with E-state index in [2.05, 4.69) is 22.2 Å². The smallest absolute Gasteiger partial charge is 0.264 e. The summed E-state index contributed by atoms with van der Waals surface area (Å²) < 4.78 is 3.47.